The standard InChI is InChI=1S/C6H9NO4/c7-5(6(9)10)3(1-8)4-2-11-4/h4,8H,1-2,7H2,(H,9,10)/b5-3+/t4-/m0/s1. The maximum atomic E-state index is 10.3. The van der Waals surface area contributed by atoms with Gasteiger partial charge < -0.3 is 20.7 Å². The lowest BCUT2D eigenvalue weighted by molar-refractivity contribution is -0.132. The molecule has 11 heavy (non-hydrogen) atoms. The number of carboxylic acid groups (broad SMARTS) is 1. The van der Waals surface area contributed by atoms with Crippen molar-refractivity contribution >= 4 is 5.97 Å². The first-order valence-corrected chi connectivity index (χ1v) is 3.11. The van der Waals surface area contributed by atoms with E-state index in [4.69, 9.17) is 20.7 Å². The van der Waals surface area contributed by atoms with Crippen LogP contribution in [0.2, 0.25) is 0 Å². The number of ether oxygens (including phenoxy) is 1. The number of carboxylic acids is 1. The van der Waals surface area contributed by atoms with Gasteiger partial charge in [-0.1, -0.05) is 0 Å². The summed E-state index contributed by atoms with van der Waals surface area (Å²) < 4.78 is 4.77. The summed E-state index contributed by atoms with van der Waals surface area (Å²) in [7, 11) is 0. The number of epoxide rings is 1. The van der Waals surface area contributed by atoms with Crippen LogP contribution < -0.4 is 5.73 Å². The Hall–Kier alpha value is -1.07. The van der Waals surface area contributed by atoms with Crippen molar-refractivity contribution in [1.29, 1.82) is 0 Å². The maximum absolute atomic E-state index is 10.3. The van der Waals surface area contributed by atoms with Crippen LogP contribution in [0.15, 0.2) is 11.3 Å². The molecule has 0 aromatic heterocycles. The van der Waals surface area contributed by atoms with Crippen LogP contribution in [0.25, 0.3) is 0 Å². The van der Waals surface area contributed by atoms with Crippen molar-refractivity contribution < 1.29 is 19.7 Å². The van der Waals surface area contributed by atoms with Crippen molar-refractivity contribution in [3.8, 4) is 0 Å². The third kappa shape index (κ3) is 1.69. The van der Waals surface area contributed by atoms with Gasteiger partial charge in [0.2, 0.25) is 0 Å². The molecule has 0 unspecified atom stereocenters. The summed E-state index contributed by atoms with van der Waals surface area (Å²) in [5, 5.41) is 17.1. The van der Waals surface area contributed by atoms with Crippen molar-refractivity contribution in [2.75, 3.05) is 13.2 Å². The van der Waals surface area contributed by atoms with E-state index in [0.29, 0.717) is 6.61 Å². The number of carbonyl (C=O) groups is 1. The van der Waals surface area contributed by atoms with Crippen LogP contribution in [-0.4, -0.2) is 35.5 Å². The zero-order valence-corrected chi connectivity index (χ0v) is 5.78. The van der Waals surface area contributed by atoms with Gasteiger partial charge in [-0.3, -0.25) is 0 Å². The van der Waals surface area contributed by atoms with Crippen molar-refractivity contribution in [1.82, 2.24) is 0 Å². The van der Waals surface area contributed by atoms with Crippen LogP contribution in [-0.2, 0) is 9.53 Å². The van der Waals surface area contributed by atoms with Gasteiger partial charge in [0.1, 0.15) is 11.8 Å². The molecule has 1 rings (SSSR count). The number of hydrogen-bond acceptors (Lipinski definition) is 4. The van der Waals surface area contributed by atoms with Gasteiger partial charge in [0.05, 0.1) is 13.2 Å². The fraction of sp³-hybridized carbons (Fsp3) is 0.500. The molecule has 0 aromatic rings. The minimum Gasteiger partial charge on any atom is -0.477 e. The van der Waals surface area contributed by atoms with E-state index in [9.17, 15) is 4.79 Å². The van der Waals surface area contributed by atoms with Gasteiger partial charge in [-0.15, -0.1) is 0 Å². The number of aliphatic hydroxyl groups excluding tert-OH is 1. The lowest BCUT2D eigenvalue weighted by Gasteiger charge is -2.01. The zero-order valence-electron chi connectivity index (χ0n) is 5.78. The van der Waals surface area contributed by atoms with E-state index in [1.54, 1.807) is 0 Å². The molecule has 0 spiro atoms. The molecule has 1 heterocycles. The minimum absolute atomic E-state index is 0.262. The van der Waals surface area contributed by atoms with E-state index >= 15 is 0 Å². The number of aliphatic carboxylic acids is 1. The van der Waals surface area contributed by atoms with E-state index in [1.807, 2.05) is 0 Å². The van der Waals surface area contributed by atoms with Gasteiger partial charge in [0.15, 0.2) is 0 Å². The third-order valence-corrected chi connectivity index (χ3v) is 1.47. The summed E-state index contributed by atoms with van der Waals surface area (Å²) in [4.78, 5) is 10.3. The number of nitrogens with two attached hydrogens (primary N) is 1. The quantitative estimate of drug-likeness (QED) is 0.350. The third-order valence-electron chi connectivity index (χ3n) is 1.47. The first-order valence-electron chi connectivity index (χ1n) is 3.11. The van der Waals surface area contributed by atoms with Gasteiger partial charge >= 0.3 is 5.97 Å². The van der Waals surface area contributed by atoms with Gasteiger partial charge in [-0.2, -0.15) is 0 Å². The largest absolute Gasteiger partial charge is 0.477 e. The van der Waals surface area contributed by atoms with Crippen LogP contribution in [0.3, 0.4) is 0 Å². The second kappa shape index (κ2) is 2.89. The monoisotopic (exact) mass is 159 g/mol. The second-order valence-electron chi connectivity index (χ2n) is 2.22. The first-order chi connectivity index (χ1) is 5.16. The Morgan fingerprint density at radius 2 is 2.27 bits per heavy atom. The summed E-state index contributed by atoms with van der Waals surface area (Å²) >= 11 is 0. The molecule has 62 valence electrons. The topological polar surface area (TPSA) is 96.1 Å². The smallest absolute Gasteiger partial charge is 0.351 e. The van der Waals surface area contributed by atoms with Crippen molar-refractivity contribution in [2.45, 2.75) is 6.10 Å². The fourth-order valence-corrected chi connectivity index (χ4v) is 0.747. The normalized spacial score (nSPS) is 24.3. The highest BCUT2D eigenvalue weighted by Crippen LogP contribution is 2.20. The summed E-state index contributed by atoms with van der Waals surface area (Å²) in [5.74, 6) is -1.22. The molecule has 5 heteroatoms. The molecule has 1 fully saturated rings. The fourth-order valence-electron chi connectivity index (χ4n) is 0.747. The van der Waals surface area contributed by atoms with Gasteiger partial charge in [0.25, 0.3) is 0 Å². The molecule has 0 amide bonds. The predicted molar refractivity (Wildman–Crippen MR) is 35.7 cm³/mol. The Labute approximate surface area is 63.1 Å². The van der Waals surface area contributed by atoms with Crippen molar-refractivity contribution in [3.05, 3.63) is 11.3 Å². The van der Waals surface area contributed by atoms with E-state index in [-0.39, 0.29) is 24.0 Å². The first kappa shape index (κ1) is 8.03. The average molecular weight is 159 g/mol. The van der Waals surface area contributed by atoms with Gasteiger partial charge in [-0.25, -0.2) is 4.79 Å². The molecule has 1 saturated heterocycles. The molecule has 0 bridgehead atoms. The molecule has 1 atom stereocenters. The number of aliphatic hydroxyl groups is 1. The molecule has 0 aliphatic carbocycles. The summed E-state index contributed by atoms with van der Waals surface area (Å²) in [6.07, 6.45) is -0.281. The number of rotatable bonds is 3. The van der Waals surface area contributed by atoms with E-state index in [1.165, 1.54) is 0 Å². The van der Waals surface area contributed by atoms with E-state index in [2.05, 4.69) is 0 Å². The Bertz CT molecular complexity index is 207. The number of hydrogen-bond donors (Lipinski definition) is 3. The minimum atomic E-state index is -1.22. The van der Waals surface area contributed by atoms with Crippen LogP contribution in [0, 0.1) is 0 Å². The average Bonchev–Trinajstić information content (AvgIpc) is 2.72. The summed E-state index contributed by atoms with van der Waals surface area (Å²) in [5.41, 5.74) is 5.10. The molecule has 5 nitrogen and oxygen atoms in total. The molecule has 1 aliphatic rings. The highest BCUT2D eigenvalue weighted by Gasteiger charge is 2.30. The Kier molecular flexibility index (Phi) is 2.11. The highest BCUT2D eigenvalue weighted by atomic mass is 16.6. The summed E-state index contributed by atoms with van der Waals surface area (Å²) in [6, 6.07) is 0. The molecular weight excluding hydrogens is 150 g/mol. The maximum Gasteiger partial charge on any atom is 0.351 e. The molecule has 4 N–H and O–H groups in total. The van der Waals surface area contributed by atoms with Crippen LogP contribution in [0.5, 0.6) is 0 Å². The molecule has 0 aromatic carbocycles. The van der Waals surface area contributed by atoms with Crippen LogP contribution >= 0.6 is 0 Å². The van der Waals surface area contributed by atoms with Crippen LogP contribution in [0.1, 0.15) is 0 Å². The predicted octanol–water partition coefficient (Wildman–Crippen LogP) is -1.33. The SMILES string of the molecule is N/C(C(=O)O)=C(\CO)[C@@H]1CO1. The Morgan fingerprint density at radius 3 is 2.55 bits per heavy atom. The molecule has 1 aliphatic heterocycles. The van der Waals surface area contributed by atoms with Crippen molar-refractivity contribution in [3.63, 3.8) is 0 Å². The van der Waals surface area contributed by atoms with Crippen molar-refractivity contribution in [2.24, 2.45) is 5.73 Å². The molecule has 0 radical (unpaired) electrons. The van der Waals surface area contributed by atoms with E-state index in [0.717, 1.165) is 0 Å². The lowest BCUT2D eigenvalue weighted by Crippen LogP contribution is -2.17. The Morgan fingerprint density at radius 1 is 1.73 bits per heavy atom. The molecule has 0 saturated carbocycles. The molecular formula is C6H9NO4. The van der Waals surface area contributed by atoms with Gasteiger partial charge in [-0.05, 0) is 0 Å². The van der Waals surface area contributed by atoms with Gasteiger partial charge in [0, 0.05) is 5.57 Å². The summed E-state index contributed by atoms with van der Waals surface area (Å²) in [6.45, 7) is 0.0900. The Balaban J connectivity index is 2.77. The second-order valence-corrected chi connectivity index (χ2v) is 2.22. The van der Waals surface area contributed by atoms with Crippen LogP contribution in [0.4, 0.5) is 0 Å². The zero-order chi connectivity index (χ0) is 8.43. The highest BCUT2D eigenvalue weighted by molar-refractivity contribution is 5.86. The lowest BCUT2D eigenvalue weighted by atomic mass is 10.1. The van der Waals surface area contributed by atoms with E-state index < -0.39 is 5.97 Å².